The van der Waals surface area contributed by atoms with Gasteiger partial charge in [-0.1, -0.05) is 0 Å². The third kappa shape index (κ3) is 2.76. The summed E-state index contributed by atoms with van der Waals surface area (Å²) in [7, 11) is 0. The molecule has 6 heteroatoms. The number of hydrogen-bond acceptors (Lipinski definition) is 3. The Morgan fingerprint density at radius 2 is 1.22 bits per heavy atom. The molecule has 0 atom stereocenters. The van der Waals surface area contributed by atoms with Gasteiger partial charge in [-0.25, -0.2) is 0 Å². The van der Waals surface area contributed by atoms with Crippen molar-refractivity contribution in [3.05, 3.63) is 93.5 Å². The fourth-order valence-electron chi connectivity index (χ4n) is 3.21. The molecule has 1 heterocycles. The fraction of sp³-hybridized carbons (Fsp3) is 0.0952. The number of halogens is 2. The molecule has 27 heavy (non-hydrogen) atoms. The summed E-state index contributed by atoms with van der Waals surface area (Å²) in [5.74, 6) is 0. The van der Waals surface area contributed by atoms with E-state index < -0.39 is 6.03 Å². The van der Waals surface area contributed by atoms with E-state index in [0.29, 0.717) is 15.6 Å². The van der Waals surface area contributed by atoms with Gasteiger partial charge >= 0.3 is 173 Å². The molecule has 0 saturated carbocycles. The van der Waals surface area contributed by atoms with Crippen molar-refractivity contribution < 1.29 is 8.76 Å². The quantitative estimate of drug-likeness (QED) is 0.268. The molecule has 4 rings (SSSR count). The molecule has 0 radical (unpaired) electrons. The molecule has 0 bridgehead atoms. The standard InChI is InChI=1S/C21H17Cl2O2PS/c1-14-6-10-16(11-7-14)26(25-27-26,17-12-8-15(2)9-13-17)21(24)20-18(22)4-3-5-19(20)23/h3-13H,1-2H3. The second-order valence-corrected chi connectivity index (χ2v) is 14.1. The van der Waals surface area contributed by atoms with Crippen molar-refractivity contribution in [1.29, 1.82) is 0 Å². The topological polar surface area (TPSA) is 29.6 Å². The van der Waals surface area contributed by atoms with E-state index >= 15 is 0 Å². The summed E-state index contributed by atoms with van der Waals surface area (Å²) < 4.78 is 6.14. The van der Waals surface area contributed by atoms with Crippen LogP contribution in [0.5, 0.6) is 0 Å². The Kier molecular flexibility index (Phi) is 4.65. The van der Waals surface area contributed by atoms with E-state index in [2.05, 4.69) is 0 Å². The van der Waals surface area contributed by atoms with E-state index in [9.17, 15) is 4.79 Å². The van der Waals surface area contributed by atoms with Gasteiger partial charge in [0.25, 0.3) is 0 Å². The van der Waals surface area contributed by atoms with Crippen LogP contribution in [0.2, 0.25) is 10.0 Å². The van der Waals surface area contributed by atoms with Crippen LogP contribution < -0.4 is 10.6 Å². The predicted octanol–water partition coefficient (Wildman–Crippen LogP) is 6.46. The van der Waals surface area contributed by atoms with Gasteiger partial charge in [0, 0.05) is 0 Å². The Morgan fingerprint density at radius 1 is 0.815 bits per heavy atom. The van der Waals surface area contributed by atoms with Gasteiger partial charge in [0.05, 0.1) is 0 Å². The summed E-state index contributed by atoms with van der Waals surface area (Å²) in [5, 5.41) is 2.43. The molecule has 0 aliphatic carbocycles. The molecule has 2 nitrogen and oxygen atoms in total. The van der Waals surface area contributed by atoms with Crippen LogP contribution in [-0.4, -0.2) is 5.52 Å². The minimum absolute atomic E-state index is 0.144. The number of rotatable bonds is 4. The Balaban J connectivity index is 2.02. The maximum absolute atomic E-state index is 14.0. The van der Waals surface area contributed by atoms with Crippen molar-refractivity contribution >= 4 is 57.0 Å². The van der Waals surface area contributed by atoms with Crippen LogP contribution in [0.25, 0.3) is 0 Å². The molecular weight excluding hydrogens is 418 g/mol. The van der Waals surface area contributed by atoms with E-state index in [4.69, 9.17) is 27.2 Å². The van der Waals surface area contributed by atoms with E-state index in [1.54, 1.807) is 18.2 Å². The van der Waals surface area contributed by atoms with Crippen molar-refractivity contribution in [3.63, 3.8) is 0 Å². The SMILES string of the molecule is Cc1ccc(P2(C(=O)c3c(Cl)cccc3Cl)(c3ccc(C)cc3)OS2)cc1. The summed E-state index contributed by atoms with van der Waals surface area (Å²) >= 11 is 14.1. The number of carbonyl (C=O) groups is 1. The van der Waals surface area contributed by atoms with Crippen LogP contribution in [0.15, 0.2) is 66.7 Å². The van der Waals surface area contributed by atoms with Crippen LogP contribution in [0, 0.1) is 13.8 Å². The van der Waals surface area contributed by atoms with Crippen molar-refractivity contribution in [2.75, 3.05) is 0 Å². The first-order valence-electron chi connectivity index (χ1n) is 8.42. The van der Waals surface area contributed by atoms with Gasteiger partial charge in [-0.3, -0.25) is 0 Å². The van der Waals surface area contributed by atoms with Crippen molar-refractivity contribution in [2.24, 2.45) is 0 Å². The van der Waals surface area contributed by atoms with Crippen molar-refractivity contribution in [1.82, 2.24) is 0 Å². The summed E-state index contributed by atoms with van der Waals surface area (Å²) in [6.07, 6.45) is 0. The third-order valence-corrected chi connectivity index (χ3v) is 13.1. The number of hydrogen-bond donors (Lipinski definition) is 0. The Morgan fingerprint density at radius 3 is 1.59 bits per heavy atom. The zero-order chi connectivity index (χ0) is 19.3. The van der Waals surface area contributed by atoms with Crippen LogP contribution in [-0.2, 0) is 3.97 Å². The zero-order valence-corrected chi connectivity index (χ0v) is 18.0. The first kappa shape index (κ1) is 19.0. The second kappa shape index (κ2) is 6.62. The van der Waals surface area contributed by atoms with Crippen molar-refractivity contribution in [2.45, 2.75) is 13.8 Å². The normalized spacial score (nSPS) is 18.3. The average molecular weight is 435 g/mol. The first-order chi connectivity index (χ1) is 12.9. The van der Waals surface area contributed by atoms with Gasteiger partial charge in [0.15, 0.2) is 0 Å². The van der Waals surface area contributed by atoms with Crippen LogP contribution >= 0.6 is 40.9 Å². The Hall–Kier alpha value is -1.35. The van der Waals surface area contributed by atoms with Crippen molar-refractivity contribution in [3.8, 4) is 0 Å². The summed E-state index contributed by atoms with van der Waals surface area (Å²) in [6.45, 7) is 4.03. The fourth-order valence-corrected chi connectivity index (χ4v) is 10.9. The van der Waals surface area contributed by atoms with Gasteiger partial charge in [0.1, 0.15) is 0 Å². The molecule has 0 N–H and O–H groups in total. The third-order valence-electron chi connectivity index (χ3n) is 4.85. The summed E-state index contributed by atoms with van der Waals surface area (Å²) in [6, 6.07) is 17.4. The molecular formula is C21H17Cl2O2PS. The monoisotopic (exact) mass is 434 g/mol. The molecule has 0 amide bonds. The van der Waals surface area contributed by atoms with Gasteiger partial charge in [-0.05, 0) is 0 Å². The van der Waals surface area contributed by atoms with Gasteiger partial charge in [-0.2, -0.15) is 0 Å². The summed E-state index contributed by atoms with van der Waals surface area (Å²) in [5.41, 5.74) is 2.42. The van der Waals surface area contributed by atoms with E-state index in [1.807, 2.05) is 62.4 Å². The molecule has 3 aromatic carbocycles. The van der Waals surface area contributed by atoms with Gasteiger partial charge < -0.3 is 0 Å². The maximum atomic E-state index is 14.0. The summed E-state index contributed by atoms with van der Waals surface area (Å²) in [4.78, 5) is 14.0. The zero-order valence-electron chi connectivity index (χ0n) is 14.8. The molecule has 0 spiro atoms. The minimum atomic E-state index is -3.60. The molecule has 138 valence electrons. The number of carbonyl (C=O) groups excluding carboxylic acids is 1. The van der Waals surface area contributed by atoms with Gasteiger partial charge in [0.2, 0.25) is 0 Å². The average Bonchev–Trinajstić information content (AvgIpc) is 3.41. The first-order valence-corrected chi connectivity index (χ1v) is 12.7. The van der Waals surface area contributed by atoms with E-state index in [1.165, 1.54) is 11.7 Å². The molecule has 0 aromatic heterocycles. The predicted molar refractivity (Wildman–Crippen MR) is 118 cm³/mol. The molecule has 1 fully saturated rings. The van der Waals surface area contributed by atoms with E-state index in [-0.39, 0.29) is 5.52 Å². The molecule has 3 aromatic rings. The molecule has 1 aliphatic heterocycles. The van der Waals surface area contributed by atoms with Crippen LogP contribution in [0.4, 0.5) is 0 Å². The van der Waals surface area contributed by atoms with E-state index in [0.717, 1.165) is 21.7 Å². The van der Waals surface area contributed by atoms with Gasteiger partial charge in [-0.15, -0.1) is 0 Å². The molecule has 1 aliphatic rings. The molecule has 1 saturated heterocycles. The molecule has 0 unspecified atom stereocenters. The van der Waals surface area contributed by atoms with Crippen LogP contribution in [0.1, 0.15) is 21.5 Å². The Bertz CT molecular complexity index is 975. The Labute approximate surface area is 172 Å². The van der Waals surface area contributed by atoms with Crippen LogP contribution in [0.3, 0.4) is 0 Å². The number of benzene rings is 3. The number of aryl methyl sites for hydroxylation is 2. The second-order valence-electron chi connectivity index (χ2n) is 6.68.